The van der Waals surface area contributed by atoms with E-state index in [-0.39, 0.29) is 5.91 Å². The number of hydrogen-bond donors (Lipinski definition) is 1. The van der Waals surface area contributed by atoms with Gasteiger partial charge in [-0.15, -0.1) is 0 Å². The zero-order valence-electron chi connectivity index (χ0n) is 8.15. The van der Waals surface area contributed by atoms with Crippen LogP contribution in [-0.4, -0.2) is 19.2 Å². The number of ether oxygens (including phenoxy) is 1. The Morgan fingerprint density at radius 3 is 2.57 bits per heavy atom. The molecule has 0 aliphatic heterocycles. The summed E-state index contributed by atoms with van der Waals surface area (Å²) < 4.78 is 4.97. The fourth-order valence-corrected chi connectivity index (χ4v) is 0.930. The van der Waals surface area contributed by atoms with E-state index in [9.17, 15) is 4.79 Å². The maximum Gasteiger partial charge on any atom is 0.271 e. The first-order valence-corrected chi connectivity index (χ1v) is 4.20. The molecule has 74 valence electrons. The molecule has 1 amide bonds. The van der Waals surface area contributed by atoms with Crippen molar-refractivity contribution in [1.29, 1.82) is 0 Å². The van der Waals surface area contributed by atoms with Crippen LogP contribution in [0.2, 0.25) is 0 Å². The van der Waals surface area contributed by atoms with Gasteiger partial charge in [0.05, 0.1) is 7.11 Å². The molecular weight excluding hydrogens is 180 g/mol. The predicted molar refractivity (Wildman–Crippen MR) is 54.6 cm³/mol. The zero-order valence-corrected chi connectivity index (χ0v) is 8.15. The summed E-state index contributed by atoms with van der Waals surface area (Å²) in [5.74, 6) is 0.492. The minimum atomic E-state index is -0.231. The molecule has 14 heavy (non-hydrogen) atoms. The number of hydrogen-bond acceptors (Lipinski definition) is 3. The fourth-order valence-electron chi connectivity index (χ4n) is 0.930. The lowest BCUT2D eigenvalue weighted by molar-refractivity contribution is 0.0955. The van der Waals surface area contributed by atoms with E-state index in [0.29, 0.717) is 5.56 Å². The van der Waals surface area contributed by atoms with Gasteiger partial charge in [0.25, 0.3) is 5.91 Å². The number of rotatable bonds is 3. The second kappa shape index (κ2) is 5.01. The van der Waals surface area contributed by atoms with Crippen molar-refractivity contribution < 1.29 is 9.53 Å². The van der Waals surface area contributed by atoms with Gasteiger partial charge < -0.3 is 4.74 Å². The quantitative estimate of drug-likeness (QED) is 0.581. The molecule has 4 heteroatoms. The molecule has 0 fully saturated rings. The van der Waals surface area contributed by atoms with Crippen molar-refractivity contribution in [2.75, 3.05) is 7.11 Å². The van der Waals surface area contributed by atoms with E-state index in [4.69, 9.17) is 4.74 Å². The van der Waals surface area contributed by atoms with Crippen LogP contribution in [0.1, 0.15) is 17.3 Å². The third-order valence-corrected chi connectivity index (χ3v) is 1.65. The van der Waals surface area contributed by atoms with Crippen LogP contribution in [0.3, 0.4) is 0 Å². The molecule has 0 spiro atoms. The fraction of sp³-hybridized carbons (Fsp3) is 0.200. The molecule has 0 aliphatic rings. The van der Waals surface area contributed by atoms with Crippen LogP contribution in [0.15, 0.2) is 29.4 Å². The SMILES string of the molecule is C/C=N/NC(=O)c1ccc(OC)cc1. The van der Waals surface area contributed by atoms with Gasteiger partial charge in [0.2, 0.25) is 0 Å². The van der Waals surface area contributed by atoms with Crippen LogP contribution >= 0.6 is 0 Å². The molecule has 0 saturated carbocycles. The summed E-state index contributed by atoms with van der Waals surface area (Å²) in [6, 6.07) is 6.81. The molecule has 4 nitrogen and oxygen atoms in total. The molecule has 0 radical (unpaired) electrons. The average Bonchev–Trinajstić information content (AvgIpc) is 2.26. The summed E-state index contributed by atoms with van der Waals surface area (Å²) in [5, 5.41) is 3.63. The maximum absolute atomic E-state index is 11.3. The molecule has 0 aromatic heterocycles. The lowest BCUT2D eigenvalue weighted by Gasteiger charge is -2.01. The molecule has 0 heterocycles. The smallest absolute Gasteiger partial charge is 0.271 e. The summed E-state index contributed by atoms with van der Waals surface area (Å²) in [6.45, 7) is 1.73. The molecule has 0 unspecified atom stereocenters. The largest absolute Gasteiger partial charge is 0.497 e. The van der Waals surface area contributed by atoms with Gasteiger partial charge in [-0.05, 0) is 31.2 Å². The number of carbonyl (C=O) groups excluding carboxylic acids is 1. The number of amides is 1. The molecule has 1 rings (SSSR count). The average molecular weight is 192 g/mol. The van der Waals surface area contributed by atoms with Gasteiger partial charge in [-0.25, -0.2) is 5.43 Å². The summed E-state index contributed by atoms with van der Waals surface area (Å²) in [5.41, 5.74) is 2.93. The minimum Gasteiger partial charge on any atom is -0.497 e. The molecule has 0 bridgehead atoms. The molecule has 0 atom stereocenters. The molecule has 1 aromatic rings. The van der Waals surface area contributed by atoms with Gasteiger partial charge in [0, 0.05) is 11.8 Å². The van der Waals surface area contributed by atoms with E-state index >= 15 is 0 Å². The molecule has 0 saturated heterocycles. The topological polar surface area (TPSA) is 50.7 Å². The Kier molecular flexibility index (Phi) is 3.67. The minimum absolute atomic E-state index is 0.231. The van der Waals surface area contributed by atoms with Crippen LogP contribution in [0, 0.1) is 0 Å². The van der Waals surface area contributed by atoms with Gasteiger partial charge in [-0.1, -0.05) is 0 Å². The van der Waals surface area contributed by atoms with Crippen molar-refractivity contribution in [1.82, 2.24) is 5.43 Å². The summed E-state index contributed by atoms with van der Waals surface area (Å²) in [6.07, 6.45) is 1.52. The highest BCUT2D eigenvalue weighted by molar-refractivity contribution is 5.94. The number of benzene rings is 1. The standard InChI is InChI=1S/C10H12N2O2/c1-3-11-12-10(13)8-4-6-9(14-2)7-5-8/h3-7H,1-2H3,(H,12,13)/b11-3+. The molecule has 0 aliphatic carbocycles. The Labute approximate surface area is 82.6 Å². The van der Waals surface area contributed by atoms with E-state index < -0.39 is 0 Å². The van der Waals surface area contributed by atoms with Crippen molar-refractivity contribution >= 4 is 12.1 Å². The lowest BCUT2D eigenvalue weighted by atomic mass is 10.2. The van der Waals surface area contributed by atoms with Gasteiger partial charge in [0.15, 0.2) is 0 Å². The number of nitrogens with zero attached hydrogens (tertiary/aromatic N) is 1. The van der Waals surface area contributed by atoms with Crippen molar-refractivity contribution in [3.63, 3.8) is 0 Å². The summed E-state index contributed by atoms with van der Waals surface area (Å²) in [7, 11) is 1.58. The number of hydrazone groups is 1. The number of methoxy groups -OCH3 is 1. The molecular formula is C10H12N2O2. The third-order valence-electron chi connectivity index (χ3n) is 1.65. The van der Waals surface area contributed by atoms with Crippen LogP contribution < -0.4 is 10.2 Å². The van der Waals surface area contributed by atoms with E-state index in [1.165, 1.54) is 6.21 Å². The van der Waals surface area contributed by atoms with Crippen LogP contribution in [0.25, 0.3) is 0 Å². The Hall–Kier alpha value is -1.84. The van der Waals surface area contributed by atoms with Gasteiger partial charge >= 0.3 is 0 Å². The van der Waals surface area contributed by atoms with E-state index in [0.717, 1.165) is 5.75 Å². The number of carbonyl (C=O) groups is 1. The van der Waals surface area contributed by atoms with Gasteiger partial charge in [-0.3, -0.25) is 4.79 Å². The second-order valence-electron chi connectivity index (χ2n) is 2.56. The first kappa shape index (κ1) is 10.2. The van der Waals surface area contributed by atoms with Gasteiger partial charge in [0.1, 0.15) is 5.75 Å². The Morgan fingerprint density at radius 2 is 2.07 bits per heavy atom. The Bertz CT molecular complexity index is 330. The highest BCUT2D eigenvalue weighted by atomic mass is 16.5. The summed E-state index contributed by atoms with van der Waals surface area (Å²) in [4.78, 5) is 11.3. The van der Waals surface area contributed by atoms with Crippen LogP contribution in [0.4, 0.5) is 0 Å². The maximum atomic E-state index is 11.3. The van der Waals surface area contributed by atoms with Crippen LogP contribution in [-0.2, 0) is 0 Å². The Balaban J connectivity index is 2.71. The first-order chi connectivity index (χ1) is 6.77. The normalized spacial score (nSPS) is 10.1. The van der Waals surface area contributed by atoms with E-state index in [1.54, 1.807) is 38.3 Å². The molecule has 1 N–H and O–H groups in total. The van der Waals surface area contributed by atoms with Crippen molar-refractivity contribution in [2.45, 2.75) is 6.92 Å². The highest BCUT2D eigenvalue weighted by Gasteiger charge is 2.02. The second-order valence-corrected chi connectivity index (χ2v) is 2.56. The van der Waals surface area contributed by atoms with Crippen molar-refractivity contribution in [3.8, 4) is 5.75 Å². The van der Waals surface area contributed by atoms with Gasteiger partial charge in [-0.2, -0.15) is 5.10 Å². The first-order valence-electron chi connectivity index (χ1n) is 4.20. The number of nitrogens with one attached hydrogen (secondary N) is 1. The Morgan fingerprint density at radius 1 is 1.43 bits per heavy atom. The summed E-state index contributed by atoms with van der Waals surface area (Å²) >= 11 is 0. The third kappa shape index (κ3) is 2.58. The zero-order chi connectivity index (χ0) is 10.4. The predicted octanol–water partition coefficient (Wildman–Crippen LogP) is 1.43. The van der Waals surface area contributed by atoms with Crippen molar-refractivity contribution in [3.05, 3.63) is 29.8 Å². The van der Waals surface area contributed by atoms with Crippen molar-refractivity contribution in [2.24, 2.45) is 5.10 Å². The molecule has 1 aromatic carbocycles. The van der Waals surface area contributed by atoms with Crippen LogP contribution in [0.5, 0.6) is 5.75 Å². The van der Waals surface area contributed by atoms with E-state index in [2.05, 4.69) is 10.5 Å². The van der Waals surface area contributed by atoms with E-state index in [1.807, 2.05) is 0 Å². The lowest BCUT2D eigenvalue weighted by Crippen LogP contribution is -2.16. The monoisotopic (exact) mass is 192 g/mol. The highest BCUT2D eigenvalue weighted by Crippen LogP contribution is 2.10.